The van der Waals surface area contributed by atoms with Crippen molar-refractivity contribution >= 4 is 0 Å². The Hall–Kier alpha value is -0.830. The van der Waals surface area contributed by atoms with E-state index in [0.717, 1.165) is 12.2 Å². The number of hydrogen-bond donors (Lipinski definition) is 1. The number of aromatic nitrogens is 2. The molecule has 0 unspecified atom stereocenters. The second-order valence-electron chi connectivity index (χ2n) is 3.37. The molecule has 0 amide bonds. The summed E-state index contributed by atoms with van der Waals surface area (Å²) in [7, 11) is 0. The molecule has 1 aromatic rings. The van der Waals surface area contributed by atoms with E-state index in [0.29, 0.717) is 12.3 Å². The van der Waals surface area contributed by atoms with Crippen LogP contribution in [0.15, 0.2) is 12.3 Å². The molecule has 0 bridgehead atoms. The summed E-state index contributed by atoms with van der Waals surface area (Å²) < 4.78 is 1.96. The van der Waals surface area contributed by atoms with E-state index in [1.807, 2.05) is 10.7 Å². The summed E-state index contributed by atoms with van der Waals surface area (Å²) in [5.41, 5.74) is 1.12. The van der Waals surface area contributed by atoms with Gasteiger partial charge in [-0.1, -0.05) is 13.8 Å². The van der Waals surface area contributed by atoms with Crippen LogP contribution in [0.4, 0.5) is 0 Å². The molecule has 0 saturated heterocycles. The van der Waals surface area contributed by atoms with Crippen molar-refractivity contribution in [1.82, 2.24) is 9.78 Å². The van der Waals surface area contributed by atoms with Crippen LogP contribution in [0, 0.1) is 5.92 Å². The first-order valence-electron chi connectivity index (χ1n) is 4.35. The summed E-state index contributed by atoms with van der Waals surface area (Å²) in [6, 6.07) is 1.96. The first-order valence-corrected chi connectivity index (χ1v) is 4.35. The van der Waals surface area contributed by atoms with Gasteiger partial charge in [0.2, 0.25) is 0 Å². The largest absolute Gasteiger partial charge is 0.396 e. The van der Waals surface area contributed by atoms with Crippen LogP contribution in [0.1, 0.15) is 19.5 Å². The zero-order valence-corrected chi connectivity index (χ0v) is 7.70. The molecule has 0 aliphatic rings. The predicted molar refractivity (Wildman–Crippen MR) is 47.9 cm³/mol. The Bertz CT molecular complexity index is 230. The van der Waals surface area contributed by atoms with E-state index in [1.54, 1.807) is 6.20 Å². The van der Waals surface area contributed by atoms with Crippen LogP contribution in [0.5, 0.6) is 0 Å². The molecule has 0 saturated carbocycles. The van der Waals surface area contributed by atoms with Gasteiger partial charge in [0.05, 0.1) is 0 Å². The van der Waals surface area contributed by atoms with Crippen molar-refractivity contribution in [2.45, 2.75) is 26.8 Å². The molecule has 3 heteroatoms. The van der Waals surface area contributed by atoms with Gasteiger partial charge >= 0.3 is 0 Å². The Labute approximate surface area is 73.0 Å². The lowest BCUT2D eigenvalue weighted by Crippen LogP contribution is -2.10. The van der Waals surface area contributed by atoms with Gasteiger partial charge in [0, 0.05) is 31.5 Å². The molecule has 0 aliphatic carbocycles. The molecule has 12 heavy (non-hydrogen) atoms. The van der Waals surface area contributed by atoms with Crippen molar-refractivity contribution in [1.29, 1.82) is 0 Å². The smallest absolute Gasteiger partial charge is 0.0492 e. The van der Waals surface area contributed by atoms with E-state index >= 15 is 0 Å². The molecule has 0 radical (unpaired) electrons. The average molecular weight is 168 g/mol. The molecule has 68 valence electrons. The second kappa shape index (κ2) is 4.26. The minimum atomic E-state index is 0.198. The Balaban J connectivity index is 2.63. The third-order valence-electron chi connectivity index (χ3n) is 1.71. The van der Waals surface area contributed by atoms with Crippen molar-refractivity contribution in [3.63, 3.8) is 0 Å². The summed E-state index contributed by atoms with van der Waals surface area (Å²) >= 11 is 0. The Morgan fingerprint density at radius 3 is 2.92 bits per heavy atom. The molecular weight excluding hydrogens is 152 g/mol. The van der Waals surface area contributed by atoms with Crippen molar-refractivity contribution in [2.75, 3.05) is 6.61 Å². The van der Waals surface area contributed by atoms with Crippen molar-refractivity contribution < 1.29 is 5.11 Å². The SMILES string of the molecule is CC(C)Cn1nccc1CCO. The third kappa shape index (κ3) is 2.34. The fourth-order valence-electron chi connectivity index (χ4n) is 1.20. The highest BCUT2D eigenvalue weighted by atomic mass is 16.3. The molecule has 0 fully saturated rings. The maximum Gasteiger partial charge on any atom is 0.0492 e. The molecule has 1 aromatic heterocycles. The standard InChI is InChI=1S/C9H16N2O/c1-8(2)7-11-9(4-6-12)3-5-10-11/h3,5,8,12H,4,6-7H2,1-2H3. The van der Waals surface area contributed by atoms with Gasteiger partial charge < -0.3 is 5.11 Å². The fraction of sp³-hybridized carbons (Fsp3) is 0.667. The van der Waals surface area contributed by atoms with Crippen LogP contribution in [-0.4, -0.2) is 21.5 Å². The first kappa shape index (κ1) is 9.26. The van der Waals surface area contributed by atoms with Gasteiger partial charge in [-0.25, -0.2) is 0 Å². The van der Waals surface area contributed by atoms with Crippen LogP contribution in [0.2, 0.25) is 0 Å². The van der Waals surface area contributed by atoms with E-state index in [1.165, 1.54) is 0 Å². The molecule has 0 spiro atoms. The number of aliphatic hydroxyl groups is 1. The van der Waals surface area contributed by atoms with Crippen molar-refractivity contribution in [3.8, 4) is 0 Å². The van der Waals surface area contributed by atoms with Crippen molar-refractivity contribution in [2.24, 2.45) is 5.92 Å². The Morgan fingerprint density at radius 2 is 2.33 bits per heavy atom. The van der Waals surface area contributed by atoms with Gasteiger partial charge in [-0.2, -0.15) is 5.10 Å². The monoisotopic (exact) mass is 168 g/mol. The molecular formula is C9H16N2O. The van der Waals surface area contributed by atoms with Crippen LogP contribution in [-0.2, 0) is 13.0 Å². The highest BCUT2D eigenvalue weighted by Crippen LogP contribution is 2.03. The molecule has 1 N–H and O–H groups in total. The topological polar surface area (TPSA) is 38.0 Å². The van der Waals surface area contributed by atoms with Crippen LogP contribution >= 0.6 is 0 Å². The van der Waals surface area contributed by atoms with Gasteiger partial charge in [-0.05, 0) is 12.0 Å². The predicted octanol–water partition coefficient (Wildman–Crippen LogP) is 1.07. The Morgan fingerprint density at radius 1 is 1.58 bits per heavy atom. The number of rotatable bonds is 4. The van der Waals surface area contributed by atoms with Gasteiger partial charge in [-0.3, -0.25) is 4.68 Å². The van der Waals surface area contributed by atoms with Gasteiger partial charge in [0.1, 0.15) is 0 Å². The number of hydrogen-bond acceptors (Lipinski definition) is 2. The summed E-state index contributed by atoms with van der Waals surface area (Å²) in [6.45, 7) is 5.45. The van der Waals surface area contributed by atoms with E-state index in [-0.39, 0.29) is 6.61 Å². The van der Waals surface area contributed by atoms with Crippen LogP contribution in [0.25, 0.3) is 0 Å². The molecule has 1 rings (SSSR count). The molecule has 1 heterocycles. The quantitative estimate of drug-likeness (QED) is 0.730. The number of aliphatic hydroxyl groups excluding tert-OH is 1. The van der Waals surface area contributed by atoms with E-state index < -0.39 is 0 Å². The highest BCUT2D eigenvalue weighted by molar-refractivity contribution is 5.00. The summed E-state index contributed by atoms with van der Waals surface area (Å²) in [6.07, 6.45) is 2.49. The van der Waals surface area contributed by atoms with Gasteiger partial charge in [0.25, 0.3) is 0 Å². The molecule has 0 aromatic carbocycles. The Kier molecular flexibility index (Phi) is 3.29. The van der Waals surface area contributed by atoms with E-state index in [9.17, 15) is 0 Å². The minimum absolute atomic E-state index is 0.198. The van der Waals surface area contributed by atoms with Crippen LogP contribution in [0.3, 0.4) is 0 Å². The zero-order chi connectivity index (χ0) is 8.97. The first-order chi connectivity index (χ1) is 5.74. The average Bonchev–Trinajstić information content (AvgIpc) is 2.37. The lowest BCUT2D eigenvalue weighted by atomic mass is 10.2. The zero-order valence-electron chi connectivity index (χ0n) is 7.70. The molecule has 3 nitrogen and oxygen atoms in total. The van der Waals surface area contributed by atoms with Crippen LogP contribution < -0.4 is 0 Å². The lowest BCUT2D eigenvalue weighted by Gasteiger charge is -2.08. The highest BCUT2D eigenvalue weighted by Gasteiger charge is 2.02. The van der Waals surface area contributed by atoms with Crippen molar-refractivity contribution in [3.05, 3.63) is 18.0 Å². The molecule has 0 aliphatic heterocycles. The van der Waals surface area contributed by atoms with Gasteiger partial charge in [-0.15, -0.1) is 0 Å². The van der Waals surface area contributed by atoms with Gasteiger partial charge in [0.15, 0.2) is 0 Å². The van der Waals surface area contributed by atoms with E-state index in [2.05, 4.69) is 18.9 Å². The third-order valence-corrected chi connectivity index (χ3v) is 1.71. The fourth-order valence-corrected chi connectivity index (χ4v) is 1.20. The summed E-state index contributed by atoms with van der Waals surface area (Å²) in [4.78, 5) is 0. The second-order valence-corrected chi connectivity index (χ2v) is 3.37. The summed E-state index contributed by atoms with van der Waals surface area (Å²) in [5.74, 6) is 0.599. The normalized spacial score (nSPS) is 11.0. The molecule has 0 atom stereocenters. The minimum Gasteiger partial charge on any atom is -0.396 e. The maximum absolute atomic E-state index is 8.76. The maximum atomic E-state index is 8.76. The lowest BCUT2D eigenvalue weighted by molar-refractivity contribution is 0.294. The number of nitrogens with zero attached hydrogens (tertiary/aromatic N) is 2. The summed E-state index contributed by atoms with van der Waals surface area (Å²) in [5, 5.41) is 12.9. The van der Waals surface area contributed by atoms with E-state index in [4.69, 9.17) is 5.11 Å².